The molecule has 19 heteroatoms. The first-order valence-corrected chi connectivity index (χ1v) is 44.5. The van der Waals surface area contributed by atoms with Gasteiger partial charge >= 0.3 is 39.5 Å². The predicted octanol–water partition coefficient (Wildman–Crippen LogP) is 23.9. The molecule has 2 unspecified atom stereocenters. The van der Waals surface area contributed by atoms with Gasteiger partial charge in [-0.2, -0.15) is 0 Å². The van der Waals surface area contributed by atoms with Crippen LogP contribution in [0.3, 0.4) is 0 Å². The second-order valence-electron chi connectivity index (χ2n) is 29.8. The fraction of sp³-hybridized carbons (Fsp3) is 0.950. The Morgan fingerprint density at radius 3 is 0.687 bits per heavy atom. The third-order valence-electron chi connectivity index (χ3n) is 18.7. The van der Waals surface area contributed by atoms with E-state index in [1.165, 1.54) is 238 Å². The lowest BCUT2D eigenvalue weighted by molar-refractivity contribution is -0.161. The van der Waals surface area contributed by atoms with Gasteiger partial charge in [0.25, 0.3) is 0 Å². The minimum Gasteiger partial charge on any atom is -0.462 e. The van der Waals surface area contributed by atoms with Gasteiger partial charge in [0.2, 0.25) is 0 Å². The van der Waals surface area contributed by atoms with Gasteiger partial charge in [-0.1, -0.05) is 369 Å². The van der Waals surface area contributed by atoms with Crippen LogP contribution < -0.4 is 0 Å². The average molecular weight is 1450 g/mol. The lowest BCUT2D eigenvalue weighted by Crippen LogP contribution is -2.30. The quantitative estimate of drug-likeness (QED) is 0.0222. The highest BCUT2D eigenvalue weighted by Crippen LogP contribution is 2.45. The molecule has 0 aliphatic heterocycles. The van der Waals surface area contributed by atoms with E-state index in [0.29, 0.717) is 25.7 Å². The molecule has 5 atom stereocenters. The summed E-state index contributed by atoms with van der Waals surface area (Å²) in [6.45, 7) is 9.67. The second-order valence-corrected chi connectivity index (χ2v) is 32.7. The summed E-state index contributed by atoms with van der Waals surface area (Å²) in [6.07, 6.45) is 61.0. The molecule has 99 heavy (non-hydrogen) atoms. The van der Waals surface area contributed by atoms with Gasteiger partial charge in [-0.3, -0.25) is 37.3 Å². The Balaban J connectivity index is 5.22. The Bertz CT molecular complexity index is 1910. The molecule has 0 saturated heterocycles. The lowest BCUT2D eigenvalue weighted by atomic mass is 10.0. The van der Waals surface area contributed by atoms with Gasteiger partial charge in [0.05, 0.1) is 26.4 Å². The number of carbonyl (C=O) groups excluding carboxylic acids is 4. The summed E-state index contributed by atoms with van der Waals surface area (Å²) in [5, 5.41) is 10.6. The van der Waals surface area contributed by atoms with Crippen LogP contribution in [0.5, 0.6) is 0 Å². The van der Waals surface area contributed by atoms with Crippen molar-refractivity contribution in [1.29, 1.82) is 0 Å². The first kappa shape index (κ1) is 97.1. The standard InChI is InChI=1S/C80H156O17P2/c1-7-9-11-13-15-17-18-26-34-40-46-52-58-64-79(84)96-75(68-90-77(82)62-56-50-44-36-16-14-12-10-8-2)70-94-98(86,87)92-66-74(81)67-93-99(88,89)95-71-76(69-91-78(83)63-57-51-45-39-33-29-25-21-23-28-32-38-43-49-55-61-73(5)6)97-80(85)65-59-53-47-41-35-30-24-20-19-22-27-31-37-42-48-54-60-72(3)4/h72-76,81H,7-71H2,1-6H3,(H,86,87)(H,88,89)/t74-,75+,76+/m0/s1. The number of hydrogen-bond acceptors (Lipinski definition) is 15. The number of aliphatic hydroxyl groups is 1. The predicted molar refractivity (Wildman–Crippen MR) is 405 cm³/mol. The van der Waals surface area contributed by atoms with Crippen molar-refractivity contribution in [3.05, 3.63) is 0 Å². The van der Waals surface area contributed by atoms with E-state index in [1.54, 1.807) is 0 Å². The molecule has 17 nitrogen and oxygen atoms in total. The molecule has 0 aliphatic rings. The molecule has 0 rings (SSSR count). The third kappa shape index (κ3) is 74.1. The molecule has 0 saturated carbocycles. The van der Waals surface area contributed by atoms with Gasteiger partial charge in [0.1, 0.15) is 19.3 Å². The van der Waals surface area contributed by atoms with Crippen LogP contribution >= 0.6 is 15.6 Å². The number of ether oxygens (including phenoxy) is 4. The lowest BCUT2D eigenvalue weighted by Gasteiger charge is -2.21. The smallest absolute Gasteiger partial charge is 0.462 e. The van der Waals surface area contributed by atoms with Crippen molar-refractivity contribution in [3.63, 3.8) is 0 Å². The number of phosphoric ester groups is 2. The summed E-state index contributed by atoms with van der Waals surface area (Å²) in [4.78, 5) is 72.9. The van der Waals surface area contributed by atoms with E-state index >= 15 is 0 Å². The van der Waals surface area contributed by atoms with Gasteiger partial charge in [-0.05, 0) is 37.5 Å². The van der Waals surface area contributed by atoms with Crippen molar-refractivity contribution >= 4 is 39.5 Å². The van der Waals surface area contributed by atoms with Crippen molar-refractivity contribution in [2.75, 3.05) is 39.6 Å². The van der Waals surface area contributed by atoms with Crippen molar-refractivity contribution < 1.29 is 80.2 Å². The van der Waals surface area contributed by atoms with E-state index in [-0.39, 0.29) is 25.7 Å². The Morgan fingerprint density at radius 2 is 0.465 bits per heavy atom. The maximum Gasteiger partial charge on any atom is 0.472 e. The molecule has 0 amide bonds. The fourth-order valence-electron chi connectivity index (χ4n) is 12.4. The highest BCUT2D eigenvalue weighted by atomic mass is 31.2. The van der Waals surface area contributed by atoms with Gasteiger partial charge in [-0.15, -0.1) is 0 Å². The molecule has 0 aromatic carbocycles. The van der Waals surface area contributed by atoms with Gasteiger partial charge in [-0.25, -0.2) is 9.13 Å². The van der Waals surface area contributed by atoms with Crippen LogP contribution in [-0.2, 0) is 65.4 Å². The van der Waals surface area contributed by atoms with E-state index in [0.717, 1.165) is 102 Å². The zero-order chi connectivity index (χ0) is 72.8. The van der Waals surface area contributed by atoms with Crippen LogP contribution in [0.25, 0.3) is 0 Å². The number of hydrogen-bond donors (Lipinski definition) is 3. The molecule has 3 N–H and O–H groups in total. The maximum absolute atomic E-state index is 13.1. The minimum absolute atomic E-state index is 0.108. The third-order valence-corrected chi connectivity index (χ3v) is 20.6. The largest absolute Gasteiger partial charge is 0.472 e. The van der Waals surface area contributed by atoms with Crippen LogP contribution in [0.15, 0.2) is 0 Å². The van der Waals surface area contributed by atoms with Crippen LogP contribution in [0.1, 0.15) is 420 Å². The van der Waals surface area contributed by atoms with E-state index in [9.17, 15) is 43.2 Å². The molecule has 0 fully saturated rings. The van der Waals surface area contributed by atoms with Crippen LogP contribution in [0.4, 0.5) is 0 Å². The second kappa shape index (κ2) is 71.7. The number of phosphoric acid groups is 2. The zero-order valence-electron chi connectivity index (χ0n) is 64.8. The number of carbonyl (C=O) groups is 4. The van der Waals surface area contributed by atoms with Crippen molar-refractivity contribution in [2.24, 2.45) is 11.8 Å². The van der Waals surface area contributed by atoms with E-state index in [1.807, 2.05) is 0 Å². The molecular formula is C80H156O17P2. The number of esters is 4. The Labute approximate surface area is 607 Å². The van der Waals surface area contributed by atoms with Crippen LogP contribution in [0, 0.1) is 11.8 Å². The normalized spacial score (nSPS) is 13.9. The summed E-state index contributed by atoms with van der Waals surface area (Å²) < 4.78 is 68.6. The summed E-state index contributed by atoms with van der Waals surface area (Å²) in [5.74, 6) is -0.494. The Hall–Kier alpha value is -1.94. The van der Waals surface area contributed by atoms with Crippen LogP contribution in [0.2, 0.25) is 0 Å². The van der Waals surface area contributed by atoms with Crippen molar-refractivity contribution in [3.8, 4) is 0 Å². The molecule has 0 aromatic rings. The van der Waals surface area contributed by atoms with Crippen LogP contribution in [-0.4, -0.2) is 96.7 Å². The number of unbranched alkanes of at least 4 members (excludes halogenated alkanes) is 49. The molecular weight excluding hydrogens is 1290 g/mol. The molecule has 0 bridgehead atoms. The monoisotopic (exact) mass is 1450 g/mol. The highest BCUT2D eigenvalue weighted by Gasteiger charge is 2.30. The maximum atomic E-state index is 13.1. The first-order valence-electron chi connectivity index (χ1n) is 41.5. The molecule has 0 aliphatic carbocycles. The average Bonchev–Trinajstić information content (AvgIpc) is 1.63. The van der Waals surface area contributed by atoms with E-state index in [2.05, 4.69) is 41.5 Å². The summed E-state index contributed by atoms with van der Waals surface area (Å²) in [7, 11) is -9.91. The van der Waals surface area contributed by atoms with Crippen molar-refractivity contribution in [1.82, 2.24) is 0 Å². The molecule has 0 spiro atoms. The molecule has 0 aromatic heterocycles. The minimum atomic E-state index is -4.96. The molecule has 0 heterocycles. The fourth-order valence-corrected chi connectivity index (χ4v) is 13.9. The van der Waals surface area contributed by atoms with Gasteiger partial charge in [0.15, 0.2) is 12.2 Å². The molecule has 0 radical (unpaired) electrons. The van der Waals surface area contributed by atoms with Gasteiger partial charge in [0, 0.05) is 25.7 Å². The van der Waals surface area contributed by atoms with E-state index in [4.69, 9.17) is 37.0 Å². The number of rotatable bonds is 79. The topological polar surface area (TPSA) is 237 Å². The SMILES string of the molecule is CCCCCCCCCCCCCCCC(=O)O[C@H](COC(=O)CCCCCCCCCCC)COP(=O)(O)OC[C@H](O)COP(=O)(O)OC[C@@H](COC(=O)CCCCCCCCCCCCCCCCCC(C)C)OC(=O)CCCCCCCCCCCCCCCCCCC(C)C. The Morgan fingerprint density at radius 1 is 0.273 bits per heavy atom. The van der Waals surface area contributed by atoms with Gasteiger partial charge < -0.3 is 33.8 Å². The summed E-state index contributed by atoms with van der Waals surface area (Å²) in [5.41, 5.74) is 0. The van der Waals surface area contributed by atoms with Crippen molar-refractivity contribution in [2.45, 2.75) is 439 Å². The summed E-state index contributed by atoms with van der Waals surface area (Å²) >= 11 is 0. The summed E-state index contributed by atoms with van der Waals surface area (Å²) in [6, 6.07) is 0. The zero-order valence-corrected chi connectivity index (χ0v) is 66.6. The number of aliphatic hydroxyl groups excluding tert-OH is 1. The molecule has 588 valence electrons. The Kier molecular flexibility index (Phi) is 70.3. The highest BCUT2D eigenvalue weighted by molar-refractivity contribution is 7.47. The van der Waals surface area contributed by atoms with E-state index < -0.39 is 97.5 Å². The first-order chi connectivity index (χ1) is 47.9.